The van der Waals surface area contributed by atoms with E-state index in [4.69, 9.17) is 5.73 Å². The Bertz CT molecular complexity index is 894. The van der Waals surface area contributed by atoms with Gasteiger partial charge in [-0.25, -0.2) is 4.79 Å². The summed E-state index contributed by atoms with van der Waals surface area (Å²) in [6.45, 7) is 0. The van der Waals surface area contributed by atoms with Crippen molar-refractivity contribution >= 4 is 28.4 Å². The van der Waals surface area contributed by atoms with Gasteiger partial charge in [0.15, 0.2) is 0 Å². The molecule has 1 atom stereocenters. The number of carbonyl (C=O) groups is 2. The summed E-state index contributed by atoms with van der Waals surface area (Å²) >= 11 is 0. The average molecular weight is 333 g/mol. The molecular weight excluding hydrogens is 314 g/mol. The normalized spacial score (nSPS) is 11.7. The highest BCUT2D eigenvalue weighted by Crippen LogP contribution is 2.19. The summed E-state index contributed by atoms with van der Waals surface area (Å²) in [7, 11) is 0. The Morgan fingerprint density at radius 1 is 0.880 bits per heavy atom. The maximum Gasteiger partial charge on any atom is 0.312 e. The number of urea groups is 1. The van der Waals surface area contributed by atoms with E-state index < -0.39 is 12.1 Å². The van der Waals surface area contributed by atoms with Crippen molar-refractivity contribution in [1.82, 2.24) is 5.32 Å². The van der Waals surface area contributed by atoms with E-state index in [-0.39, 0.29) is 5.91 Å². The van der Waals surface area contributed by atoms with Crippen molar-refractivity contribution in [2.75, 3.05) is 5.32 Å². The molecule has 0 aliphatic heterocycles. The molecule has 0 aliphatic rings. The quantitative estimate of drug-likeness (QED) is 0.670. The SMILES string of the molecule is NC(=O)N[C@@H](Cc1ccccc1)C(=O)Nc1ccc2ccccc2c1. The molecule has 3 aromatic carbocycles. The van der Waals surface area contributed by atoms with E-state index in [1.807, 2.05) is 72.8 Å². The number of anilines is 1. The van der Waals surface area contributed by atoms with Gasteiger partial charge in [0.1, 0.15) is 6.04 Å². The third-order valence-electron chi connectivity index (χ3n) is 3.93. The molecule has 0 fully saturated rings. The standard InChI is InChI=1S/C20H19N3O2/c21-20(25)23-18(12-14-6-2-1-3-7-14)19(24)22-17-11-10-15-8-4-5-9-16(15)13-17/h1-11,13,18H,12H2,(H,22,24)(H3,21,23,25)/t18-/m0/s1. The molecule has 0 saturated carbocycles. The Hall–Kier alpha value is -3.34. The van der Waals surface area contributed by atoms with Crippen LogP contribution in [0.3, 0.4) is 0 Å². The first kappa shape index (κ1) is 16.5. The van der Waals surface area contributed by atoms with Crippen molar-refractivity contribution in [3.8, 4) is 0 Å². The molecule has 3 rings (SSSR count). The minimum Gasteiger partial charge on any atom is -0.352 e. The Kier molecular flexibility index (Phi) is 4.95. The monoisotopic (exact) mass is 333 g/mol. The molecule has 5 nitrogen and oxygen atoms in total. The van der Waals surface area contributed by atoms with Crippen LogP contribution in [0.4, 0.5) is 10.5 Å². The molecule has 0 radical (unpaired) electrons. The number of fused-ring (bicyclic) bond motifs is 1. The fourth-order valence-corrected chi connectivity index (χ4v) is 2.73. The van der Waals surface area contributed by atoms with E-state index >= 15 is 0 Å². The molecule has 0 aliphatic carbocycles. The number of nitrogens with two attached hydrogens (primary N) is 1. The lowest BCUT2D eigenvalue weighted by molar-refractivity contribution is -0.117. The van der Waals surface area contributed by atoms with Gasteiger partial charge in [0.2, 0.25) is 5.91 Å². The highest BCUT2D eigenvalue weighted by molar-refractivity contribution is 5.98. The van der Waals surface area contributed by atoms with Crippen molar-refractivity contribution in [3.05, 3.63) is 78.4 Å². The fourth-order valence-electron chi connectivity index (χ4n) is 2.73. The maximum atomic E-state index is 12.6. The Labute approximate surface area is 145 Å². The molecule has 4 N–H and O–H groups in total. The van der Waals surface area contributed by atoms with Crippen molar-refractivity contribution in [3.63, 3.8) is 0 Å². The first-order chi connectivity index (χ1) is 12.1. The molecule has 0 spiro atoms. The van der Waals surface area contributed by atoms with Crippen LogP contribution >= 0.6 is 0 Å². The van der Waals surface area contributed by atoms with E-state index in [9.17, 15) is 9.59 Å². The van der Waals surface area contributed by atoms with Crippen LogP contribution in [0, 0.1) is 0 Å². The molecule has 0 unspecified atom stereocenters. The summed E-state index contributed by atoms with van der Waals surface area (Å²) in [4.78, 5) is 23.9. The molecule has 3 aromatic rings. The van der Waals surface area contributed by atoms with Crippen LogP contribution in [0.1, 0.15) is 5.56 Å². The highest BCUT2D eigenvalue weighted by Gasteiger charge is 2.20. The number of benzene rings is 3. The van der Waals surface area contributed by atoms with Crippen molar-refractivity contribution in [2.24, 2.45) is 5.73 Å². The fraction of sp³-hybridized carbons (Fsp3) is 0.100. The molecule has 3 amide bonds. The van der Waals surface area contributed by atoms with Gasteiger partial charge in [0.25, 0.3) is 0 Å². The minimum atomic E-state index is -0.744. The van der Waals surface area contributed by atoms with Crippen LogP contribution in [-0.4, -0.2) is 18.0 Å². The number of nitrogens with one attached hydrogen (secondary N) is 2. The predicted molar refractivity (Wildman–Crippen MR) is 99.2 cm³/mol. The molecule has 0 aromatic heterocycles. The van der Waals surface area contributed by atoms with Crippen molar-refractivity contribution in [1.29, 1.82) is 0 Å². The van der Waals surface area contributed by atoms with Gasteiger partial charge in [-0.2, -0.15) is 0 Å². The van der Waals surface area contributed by atoms with Gasteiger partial charge < -0.3 is 16.4 Å². The van der Waals surface area contributed by atoms with Crippen LogP contribution in [0.5, 0.6) is 0 Å². The number of hydrogen-bond acceptors (Lipinski definition) is 2. The average Bonchev–Trinajstić information content (AvgIpc) is 2.61. The number of rotatable bonds is 5. The van der Waals surface area contributed by atoms with Crippen LogP contribution in [0.2, 0.25) is 0 Å². The molecule has 25 heavy (non-hydrogen) atoms. The van der Waals surface area contributed by atoms with E-state index in [0.717, 1.165) is 16.3 Å². The summed E-state index contributed by atoms with van der Waals surface area (Å²) in [5.74, 6) is -0.307. The number of carbonyl (C=O) groups excluding carboxylic acids is 2. The zero-order valence-electron chi connectivity index (χ0n) is 13.6. The predicted octanol–water partition coefficient (Wildman–Crippen LogP) is 3.06. The molecule has 5 heteroatoms. The number of hydrogen-bond donors (Lipinski definition) is 3. The van der Waals surface area contributed by atoms with Crippen molar-refractivity contribution in [2.45, 2.75) is 12.5 Å². The van der Waals surface area contributed by atoms with Crippen molar-refractivity contribution < 1.29 is 9.59 Å². The molecule has 0 bridgehead atoms. The van der Waals surface area contributed by atoms with Gasteiger partial charge >= 0.3 is 6.03 Å². The Morgan fingerprint density at radius 2 is 1.56 bits per heavy atom. The highest BCUT2D eigenvalue weighted by atomic mass is 16.2. The summed E-state index contributed by atoms with van der Waals surface area (Å²) in [6, 6.07) is 21.6. The molecule has 0 heterocycles. The van der Waals surface area contributed by atoms with Crippen LogP contribution in [0.15, 0.2) is 72.8 Å². The first-order valence-corrected chi connectivity index (χ1v) is 8.01. The molecule has 0 saturated heterocycles. The lowest BCUT2D eigenvalue weighted by atomic mass is 10.0. The van der Waals surface area contributed by atoms with Crippen LogP contribution < -0.4 is 16.4 Å². The van der Waals surface area contributed by atoms with E-state index in [0.29, 0.717) is 12.1 Å². The zero-order chi connectivity index (χ0) is 17.6. The zero-order valence-corrected chi connectivity index (χ0v) is 13.6. The molecule has 126 valence electrons. The van der Waals surface area contributed by atoms with Gasteiger partial charge in [-0.05, 0) is 28.5 Å². The maximum absolute atomic E-state index is 12.6. The third-order valence-corrected chi connectivity index (χ3v) is 3.93. The molecular formula is C20H19N3O2. The second-order valence-electron chi connectivity index (χ2n) is 5.80. The largest absolute Gasteiger partial charge is 0.352 e. The smallest absolute Gasteiger partial charge is 0.312 e. The summed E-state index contributed by atoms with van der Waals surface area (Å²) < 4.78 is 0. The topological polar surface area (TPSA) is 84.2 Å². The minimum absolute atomic E-state index is 0.307. The summed E-state index contributed by atoms with van der Waals surface area (Å²) in [5, 5.41) is 7.49. The lowest BCUT2D eigenvalue weighted by Crippen LogP contribution is -2.47. The number of amides is 3. The lowest BCUT2D eigenvalue weighted by Gasteiger charge is -2.17. The van der Waals surface area contributed by atoms with Gasteiger partial charge in [-0.15, -0.1) is 0 Å². The summed E-state index contributed by atoms with van der Waals surface area (Å²) in [5.41, 5.74) is 6.84. The van der Waals surface area contributed by atoms with Gasteiger partial charge in [-0.3, -0.25) is 4.79 Å². The number of primary amides is 1. The van der Waals surface area contributed by atoms with Gasteiger partial charge in [0.05, 0.1) is 0 Å². The first-order valence-electron chi connectivity index (χ1n) is 8.01. The van der Waals surface area contributed by atoms with E-state index in [2.05, 4.69) is 10.6 Å². The second kappa shape index (κ2) is 7.49. The van der Waals surface area contributed by atoms with Gasteiger partial charge in [-0.1, -0.05) is 60.7 Å². The van der Waals surface area contributed by atoms with Crippen LogP contribution in [0.25, 0.3) is 10.8 Å². The summed E-state index contributed by atoms with van der Waals surface area (Å²) in [6.07, 6.45) is 0.364. The van der Waals surface area contributed by atoms with E-state index in [1.165, 1.54) is 0 Å². The van der Waals surface area contributed by atoms with E-state index in [1.54, 1.807) is 0 Å². The van der Waals surface area contributed by atoms with Crippen LogP contribution in [-0.2, 0) is 11.2 Å². The second-order valence-corrected chi connectivity index (χ2v) is 5.80. The van der Waals surface area contributed by atoms with Gasteiger partial charge in [0, 0.05) is 12.1 Å². The Morgan fingerprint density at radius 3 is 2.28 bits per heavy atom. The Balaban J connectivity index is 1.77. The third kappa shape index (κ3) is 4.35.